The van der Waals surface area contributed by atoms with Crippen LogP contribution in [0.4, 0.5) is 5.69 Å². The first-order chi connectivity index (χ1) is 8.69. The van der Waals surface area contributed by atoms with Gasteiger partial charge < -0.3 is 10.1 Å². The first-order valence-electron chi connectivity index (χ1n) is 5.88. The Morgan fingerprint density at radius 3 is 2.94 bits per heavy atom. The fraction of sp³-hybridized carbons (Fsp3) is 0.462. The topological polar surface area (TPSA) is 38.3 Å². The number of benzene rings is 1. The fourth-order valence-electron chi connectivity index (χ4n) is 1.49. The molecule has 0 radical (unpaired) electrons. The molecule has 0 amide bonds. The van der Waals surface area contributed by atoms with E-state index in [1.807, 2.05) is 17.8 Å². The van der Waals surface area contributed by atoms with Crippen LogP contribution in [-0.2, 0) is 4.74 Å². The van der Waals surface area contributed by atoms with E-state index >= 15 is 0 Å². The fourth-order valence-corrected chi connectivity index (χ4v) is 2.30. The molecule has 0 spiro atoms. The summed E-state index contributed by atoms with van der Waals surface area (Å²) in [5, 5.41) is 3.77. The van der Waals surface area contributed by atoms with E-state index in [1.54, 1.807) is 12.1 Å². The highest BCUT2D eigenvalue weighted by atomic mass is 35.5. The monoisotopic (exact) mass is 287 g/mol. The van der Waals surface area contributed by atoms with Crippen molar-refractivity contribution < 1.29 is 9.53 Å². The number of halogens is 1. The summed E-state index contributed by atoms with van der Waals surface area (Å²) in [5.41, 5.74) is 1.25. The van der Waals surface area contributed by atoms with Crippen LogP contribution in [0.15, 0.2) is 18.2 Å². The highest BCUT2D eigenvalue weighted by molar-refractivity contribution is 7.99. The van der Waals surface area contributed by atoms with Gasteiger partial charge in [-0.15, -0.1) is 0 Å². The van der Waals surface area contributed by atoms with Crippen LogP contribution in [0.1, 0.15) is 23.7 Å². The van der Waals surface area contributed by atoms with Crippen molar-refractivity contribution in [2.24, 2.45) is 0 Å². The lowest BCUT2D eigenvalue weighted by Gasteiger charge is -2.11. The van der Waals surface area contributed by atoms with Crippen LogP contribution < -0.4 is 5.32 Å². The number of esters is 1. The molecule has 0 bridgehead atoms. The average molecular weight is 288 g/mol. The van der Waals surface area contributed by atoms with Gasteiger partial charge in [-0.05, 0) is 36.1 Å². The molecule has 0 heterocycles. The Hall–Kier alpha value is -0.870. The maximum Gasteiger partial charge on any atom is 0.340 e. The lowest BCUT2D eigenvalue weighted by atomic mass is 10.1. The van der Waals surface area contributed by atoms with Gasteiger partial charge in [0.05, 0.1) is 12.7 Å². The number of hydrogen-bond donors (Lipinski definition) is 1. The van der Waals surface area contributed by atoms with Crippen molar-refractivity contribution in [2.75, 3.05) is 30.5 Å². The molecule has 1 rings (SSSR count). The lowest BCUT2D eigenvalue weighted by molar-refractivity contribution is 0.0602. The van der Waals surface area contributed by atoms with Gasteiger partial charge in [-0.1, -0.05) is 18.5 Å². The molecule has 0 aliphatic carbocycles. The molecule has 0 saturated heterocycles. The Bertz CT molecular complexity index is 399. The molecule has 100 valence electrons. The lowest BCUT2D eigenvalue weighted by Crippen LogP contribution is -2.09. The number of carbonyl (C=O) groups excluding carboxylic acids is 1. The van der Waals surface area contributed by atoms with Crippen LogP contribution >= 0.6 is 23.4 Å². The molecule has 0 unspecified atom stereocenters. The number of thioether (sulfide) groups is 1. The van der Waals surface area contributed by atoms with Crippen molar-refractivity contribution in [3.63, 3.8) is 0 Å². The van der Waals surface area contributed by atoms with Gasteiger partial charge in [-0.25, -0.2) is 4.79 Å². The van der Waals surface area contributed by atoms with Crippen LogP contribution in [0, 0.1) is 0 Å². The molecular formula is C13H18ClNO2S. The Labute approximate surface area is 117 Å². The number of rotatable bonds is 7. The summed E-state index contributed by atoms with van der Waals surface area (Å²) in [6.45, 7) is 2.98. The second-order valence-corrected chi connectivity index (χ2v) is 5.49. The molecule has 0 saturated carbocycles. The summed E-state index contributed by atoms with van der Waals surface area (Å²) >= 11 is 7.79. The number of methoxy groups -OCH3 is 1. The summed E-state index contributed by atoms with van der Waals surface area (Å²) in [6, 6.07) is 5.19. The minimum absolute atomic E-state index is 0.372. The zero-order chi connectivity index (χ0) is 13.4. The van der Waals surface area contributed by atoms with Crippen LogP contribution in [0.3, 0.4) is 0 Å². The normalized spacial score (nSPS) is 10.2. The van der Waals surface area contributed by atoms with E-state index < -0.39 is 0 Å². The van der Waals surface area contributed by atoms with Gasteiger partial charge in [-0.3, -0.25) is 0 Å². The van der Waals surface area contributed by atoms with Crippen molar-refractivity contribution in [3.05, 3.63) is 28.8 Å². The molecule has 0 atom stereocenters. The molecular weight excluding hydrogens is 270 g/mol. The van der Waals surface area contributed by atoms with Crippen LogP contribution in [-0.4, -0.2) is 31.1 Å². The molecule has 0 aliphatic rings. The van der Waals surface area contributed by atoms with E-state index in [1.165, 1.54) is 7.11 Å². The second kappa shape index (κ2) is 8.27. The van der Waals surface area contributed by atoms with Crippen LogP contribution in [0.25, 0.3) is 0 Å². The molecule has 0 aromatic heterocycles. The smallest absolute Gasteiger partial charge is 0.340 e. The quantitative estimate of drug-likeness (QED) is 0.613. The van der Waals surface area contributed by atoms with E-state index in [0.29, 0.717) is 10.6 Å². The van der Waals surface area contributed by atoms with Crippen molar-refractivity contribution in [2.45, 2.75) is 13.3 Å². The van der Waals surface area contributed by atoms with Gasteiger partial charge in [-0.2, -0.15) is 11.8 Å². The SMILES string of the molecule is CCSCCCNc1ccc(Cl)cc1C(=O)OC. The van der Waals surface area contributed by atoms with Crippen LogP contribution in [0.2, 0.25) is 5.02 Å². The van der Waals surface area contributed by atoms with E-state index in [9.17, 15) is 4.79 Å². The third kappa shape index (κ3) is 4.78. The second-order valence-electron chi connectivity index (χ2n) is 3.66. The van der Waals surface area contributed by atoms with E-state index in [2.05, 4.69) is 12.2 Å². The highest BCUT2D eigenvalue weighted by Gasteiger charge is 2.11. The number of ether oxygens (including phenoxy) is 1. The van der Waals surface area contributed by atoms with E-state index in [0.717, 1.165) is 30.2 Å². The zero-order valence-corrected chi connectivity index (χ0v) is 12.2. The molecule has 1 N–H and O–H groups in total. The molecule has 1 aromatic rings. The standard InChI is InChI=1S/C13H18ClNO2S/c1-3-18-8-4-7-15-12-6-5-10(14)9-11(12)13(16)17-2/h5-6,9,15H,3-4,7-8H2,1-2H3. The Morgan fingerprint density at radius 1 is 1.50 bits per heavy atom. The highest BCUT2D eigenvalue weighted by Crippen LogP contribution is 2.21. The van der Waals surface area contributed by atoms with E-state index in [-0.39, 0.29) is 5.97 Å². The third-order valence-corrected chi connectivity index (χ3v) is 3.59. The van der Waals surface area contributed by atoms with E-state index in [4.69, 9.17) is 16.3 Å². The van der Waals surface area contributed by atoms with Gasteiger partial charge in [0.25, 0.3) is 0 Å². The Kier molecular flexibility index (Phi) is 6.98. The number of anilines is 1. The van der Waals surface area contributed by atoms with Gasteiger partial charge in [0.15, 0.2) is 0 Å². The number of carbonyl (C=O) groups is 1. The molecule has 3 nitrogen and oxygen atoms in total. The van der Waals surface area contributed by atoms with Crippen LogP contribution in [0.5, 0.6) is 0 Å². The van der Waals surface area contributed by atoms with Gasteiger partial charge in [0.2, 0.25) is 0 Å². The number of hydrogen-bond acceptors (Lipinski definition) is 4. The number of nitrogens with one attached hydrogen (secondary N) is 1. The maximum absolute atomic E-state index is 11.6. The molecule has 1 aromatic carbocycles. The molecule has 0 aliphatic heterocycles. The van der Waals surface area contributed by atoms with Crippen molar-refractivity contribution in [3.8, 4) is 0 Å². The largest absolute Gasteiger partial charge is 0.465 e. The minimum Gasteiger partial charge on any atom is -0.465 e. The van der Waals surface area contributed by atoms with Gasteiger partial charge in [0, 0.05) is 17.3 Å². The summed E-state index contributed by atoms with van der Waals surface area (Å²) in [4.78, 5) is 11.6. The molecule has 18 heavy (non-hydrogen) atoms. The van der Waals surface area contributed by atoms with Gasteiger partial charge >= 0.3 is 5.97 Å². The summed E-state index contributed by atoms with van der Waals surface area (Å²) < 4.78 is 4.74. The predicted molar refractivity (Wildman–Crippen MR) is 78.9 cm³/mol. The third-order valence-electron chi connectivity index (χ3n) is 2.37. The summed E-state index contributed by atoms with van der Waals surface area (Å²) in [6.07, 6.45) is 1.06. The maximum atomic E-state index is 11.6. The minimum atomic E-state index is -0.372. The Balaban J connectivity index is 2.61. The first kappa shape index (κ1) is 15.2. The van der Waals surface area contributed by atoms with Crippen molar-refractivity contribution in [1.29, 1.82) is 0 Å². The predicted octanol–water partition coefficient (Wildman–Crippen LogP) is 3.68. The van der Waals surface area contributed by atoms with Gasteiger partial charge in [0.1, 0.15) is 0 Å². The molecule has 5 heteroatoms. The molecule has 0 fully saturated rings. The summed E-state index contributed by atoms with van der Waals surface area (Å²) in [5.74, 6) is 1.88. The average Bonchev–Trinajstić information content (AvgIpc) is 2.39. The Morgan fingerprint density at radius 2 is 2.28 bits per heavy atom. The summed E-state index contributed by atoms with van der Waals surface area (Å²) in [7, 11) is 1.37. The van der Waals surface area contributed by atoms with Crippen molar-refractivity contribution >= 4 is 35.0 Å². The first-order valence-corrected chi connectivity index (χ1v) is 7.41. The van der Waals surface area contributed by atoms with Crippen molar-refractivity contribution in [1.82, 2.24) is 0 Å². The zero-order valence-electron chi connectivity index (χ0n) is 10.7.